The number of halogens is 3. The van der Waals surface area contributed by atoms with E-state index in [1.165, 1.54) is 12.1 Å². The van der Waals surface area contributed by atoms with Crippen LogP contribution in [0, 0.1) is 10.1 Å². The van der Waals surface area contributed by atoms with Crippen LogP contribution in [0.5, 0.6) is 0 Å². The molecule has 0 fully saturated rings. The first-order chi connectivity index (χ1) is 12.4. The van der Waals surface area contributed by atoms with Crippen LogP contribution < -0.4 is 0 Å². The van der Waals surface area contributed by atoms with E-state index >= 15 is 0 Å². The lowest BCUT2D eigenvalue weighted by Crippen LogP contribution is -2.36. The van der Waals surface area contributed by atoms with Gasteiger partial charge in [-0.25, -0.2) is 9.34 Å². The van der Waals surface area contributed by atoms with Gasteiger partial charge in [-0.2, -0.15) is 0 Å². The van der Waals surface area contributed by atoms with Gasteiger partial charge in [0.1, 0.15) is 17.3 Å². The lowest BCUT2D eigenvalue weighted by Gasteiger charge is -2.37. The monoisotopic (exact) mass is 581 g/mol. The molecule has 0 aliphatic carbocycles. The highest BCUT2D eigenvalue weighted by molar-refractivity contribution is 9.09. The zero-order valence-electron chi connectivity index (χ0n) is 14.5. The first kappa shape index (κ1) is 24.3. The molecule has 0 aliphatic heterocycles. The van der Waals surface area contributed by atoms with Crippen LogP contribution in [-0.2, 0) is 15.7 Å². The quantitative estimate of drug-likeness (QED) is 0.132. The maximum Gasteiger partial charge on any atom is 0.433 e. The Bertz CT molecular complexity index is 572. The molecule has 0 bridgehead atoms. The third kappa shape index (κ3) is 7.00. The van der Waals surface area contributed by atoms with E-state index in [1.807, 2.05) is 16.3 Å². The van der Waals surface area contributed by atoms with Crippen molar-refractivity contribution in [2.75, 3.05) is 42.2 Å². The normalized spacial score (nSPS) is 14.1. The minimum absolute atomic E-state index is 0.102. The summed E-state index contributed by atoms with van der Waals surface area (Å²) in [7, 11) is -3.34. The van der Waals surface area contributed by atoms with E-state index in [0.29, 0.717) is 42.2 Å². The molecule has 1 heterocycles. The smallest absolute Gasteiger partial charge is 0.403 e. The molecule has 0 aliphatic rings. The molecule has 1 aromatic heterocycles. The molecule has 150 valence electrons. The molecule has 0 saturated carbocycles. The molecule has 0 N–H and O–H groups in total. The van der Waals surface area contributed by atoms with E-state index in [1.54, 1.807) is 0 Å². The molecule has 0 spiro atoms. The van der Waals surface area contributed by atoms with Crippen molar-refractivity contribution in [1.29, 1.82) is 0 Å². The molecule has 1 aromatic rings. The fourth-order valence-corrected chi connectivity index (χ4v) is 6.91. The molecule has 0 saturated heterocycles. The van der Waals surface area contributed by atoms with Crippen molar-refractivity contribution >= 4 is 61.3 Å². The topological polar surface area (TPSA) is 89.1 Å². The van der Waals surface area contributed by atoms with E-state index in [9.17, 15) is 14.7 Å². The second-order valence-corrected chi connectivity index (χ2v) is 9.99. The van der Waals surface area contributed by atoms with Gasteiger partial charge in [-0.3, -0.25) is 19.2 Å². The largest absolute Gasteiger partial charge is 0.433 e. The molecule has 0 aromatic carbocycles. The van der Waals surface area contributed by atoms with Gasteiger partial charge in [-0.1, -0.05) is 54.7 Å². The van der Waals surface area contributed by atoms with Gasteiger partial charge in [0.05, 0.1) is 6.07 Å². The minimum Gasteiger partial charge on any atom is -0.403 e. The average molecular weight is 584 g/mol. The number of rotatable bonds is 14. The number of hydrogen-bond acceptors (Lipinski definition) is 5. The predicted octanol–water partition coefficient (Wildman–Crippen LogP) is 5.01. The van der Waals surface area contributed by atoms with Crippen LogP contribution in [0.15, 0.2) is 16.5 Å². The van der Waals surface area contributed by atoms with Gasteiger partial charge in [0.2, 0.25) is 0 Å². The Morgan fingerprint density at radius 2 is 1.65 bits per heavy atom. The summed E-state index contributed by atoms with van der Waals surface area (Å²) in [5.41, 5.74) is 0. The summed E-state index contributed by atoms with van der Waals surface area (Å²) >= 11 is 10.2. The van der Waals surface area contributed by atoms with Crippen LogP contribution in [0.25, 0.3) is 0 Å². The van der Waals surface area contributed by atoms with Crippen LogP contribution in [0.2, 0.25) is 0 Å². The highest BCUT2D eigenvalue weighted by atomic mass is 79.9. The van der Waals surface area contributed by atoms with Gasteiger partial charge < -0.3 is 4.42 Å². The van der Waals surface area contributed by atoms with Crippen LogP contribution in [-0.4, -0.2) is 56.4 Å². The first-order valence-electron chi connectivity index (χ1n) is 8.09. The highest BCUT2D eigenvalue weighted by Crippen LogP contribution is 2.55. The zero-order chi connectivity index (χ0) is 19.6. The second kappa shape index (κ2) is 12.6. The molecular formula is C14H23Br3N3O5P. The van der Waals surface area contributed by atoms with Gasteiger partial charge >= 0.3 is 13.6 Å². The van der Waals surface area contributed by atoms with Gasteiger partial charge in [0.25, 0.3) is 0 Å². The summed E-state index contributed by atoms with van der Waals surface area (Å²) in [6.45, 7) is 4.18. The number of nitro groups is 1. The van der Waals surface area contributed by atoms with Crippen molar-refractivity contribution in [1.82, 2.24) is 9.34 Å². The third-order valence-electron chi connectivity index (χ3n) is 3.43. The molecular weight excluding hydrogens is 561 g/mol. The van der Waals surface area contributed by atoms with Gasteiger partial charge in [0, 0.05) is 42.2 Å². The van der Waals surface area contributed by atoms with Crippen molar-refractivity contribution in [3.05, 3.63) is 28.0 Å². The Kier molecular flexibility index (Phi) is 11.8. The van der Waals surface area contributed by atoms with Crippen LogP contribution in [0.3, 0.4) is 0 Å². The van der Waals surface area contributed by atoms with E-state index in [0.717, 1.165) is 6.42 Å². The molecule has 1 unspecified atom stereocenters. The lowest BCUT2D eigenvalue weighted by molar-refractivity contribution is -0.402. The number of furan rings is 1. The van der Waals surface area contributed by atoms with Crippen molar-refractivity contribution in [3.8, 4) is 0 Å². The first-order valence-corrected chi connectivity index (χ1v) is 13.0. The molecule has 0 amide bonds. The average Bonchev–Trinajstić information content (AvgIpc) is 3.09. The van der Waals surface area contributed by atoms with E-state index in [2.05, 4.69) is 47.8 Å². The number of alkyl halides is 3. The van der Waals surface area contributed by atoms with Crippen LogP contribution >= 0.6 is 55.5 Å². The molecule has 26 heavy (non-hydrogen) atoms. The molecule has 0 radical (unpaired) electrons. The Balaban J connectivity index is 3.06. The third-order valence-corrected chi connectivity index (χ3v) is 7.19. The Labute approximate surface area is 178 Å². The number of nitrogens with zero attached hydrogens (tertiary/aromatic N) is 3. The van der Waals surface area contributed by atoms with Gasteiger partial charge in [-0.05, 0) is 12.5 Å². The van der Waals surface area contributed by atoms with Crippen LogP contribution in [0.4, 0.5) is 5.88 Å². The fourth-order valence-electron chi connectivity index (χ4n) is 2.31. The van der Waals surface area contributed by atoms with Crippen molar-refractivity contribution in [3.63, 3.8) is 0 Å². The molecule has 8 nitrogen and oxygen atoms in total. The Hall–Kier alpha value is 0.230. The Morgan fingerprint density at radius 1 is 1.12 bits per heavy atom. The summed E-state index contributed by atoms with van der Waals surface area (Å²) in [5, 5.41) is 12.7. The molecule has 12 heteroatoms. The van der Waals surface area contributed by atoms with Gasteiger partial charge in [-0.15, -0.1) is 0 Å². The summed E-state index contributed by atoms with van der Waals surface area (Å²) in [6, 6.07) is 2.73. The van der Waals surface area contributed by atoms with E-state index < -0.39 is 12.6 Å². The molecule has 1 rings (SSSR count). The van der Waals surface area contributed by atoms with Crippen molar-refractivity contribution in [2.24, 2.45) is 0 Å². The van der Waals surface area contributed by atoms with Crippen molar-refractivity contribution < 1.29 is 18.4 Å². The number of hydrogen-bond donors (Lipinski definition) is 0. The highest BCUT2D eigenvalue weighted by Gasteiger charge is 2.38. The minimum atomic E-state index is -3.34. The summed E-state index contributed by atoms with van der Waals surface area (Å²) in [4.78, 5) is 10.1. The standard InChI is InChI=1S/C14H23Br3N3O5P/c1-2-8-18(9-5-15)26(23,19(10-6-16)11-7-17)24-12-13-3-4-14(25-13)20(21)22/h3-4H,2,5-12H2,1H3. The van der Waals surface area contributed by atoms with Crippen LogP contribution in [0.1, 0.15) is 19.1 Å². The zero-order valence-corrected chi connectivity index (χ0v) is 20.1. The summed E-state index contributed by atoms with van der Waals surface area (Å²) in [6.07, 6.45) is 0.822. The summed E-state index contributed by atoms with van der Waals surface area (Å²) in [5.74, 6) is -0.0908. The van der Waals surface area contributed by atoms with Gasteiger partial charge in [0.15, 0.2) is 0 Å². The second-order valence-electron chi connectivity index (χ2n) is 5.24. The van der Waals surface area contributed by atoms with Crippen molar-refractivity contribution in [2.45, 2.75) is 20.0 Å². The predicted molar refractivity (Wildman–Crippen MR) is 113 cm³/mol. The SMILES string of the molecule is CCCN(CCBr)P(=O)(OCc1ccc([N+](=O)[O-])o1)N(CCBr)CCBr. The van der Waals surface area contributed by atoms with E-state index in [4.69, 9.17) is 8.94 Å². The lowest BCUT2D eigenvalue weighted by atomic mass is 10.5. The Morgan fingerprint density at radius 3 is 2.08 bits per heavy atom. The van der Waals surface area contributed by atoms with E-state index in [-0.39, 0.29) is 18.3 Å². The maximum absolute atomic E-state index is 13.9. The summed E-state index contributed by atoms with van der Waals surface area (Å²) < 4.78 is 28.5. The fraction of sp³-hybridized carbons (Fsp3) is 0.714. The molecule has 1 atom stereocenters. The maximum atomic E-state index is 13.9.